The SMILES string of the molecule is CCn1cc(CN2CCN(C(=O)CCn3cc(Cl)cn3)CC2)c(C)n1. The summed E-state index contributed by atoms with van der Waals surface area (Å²) < 4.78 is 3.69. The van der Waals surface area contributed by atoms with Gasteiger partial charge >= 0.3 is 0 Å². The number of nitrogens with zero attached hydrogens (tertiary/aromatic N) is 6. The third-order valence-electron chi connectivity index (χ3n) is 4.65. The zero-order valence-electron chi connectivity index (χ0n) is 14.9. The second-order valence-electron chi connectivity index (χ2n) is 6.42. The van der Waals surface area contributed by atoms with E-state index in [1.165, 1.54) is 5.56 Å². The Morgan fingerprint density at radius 3 is 2.56 bits per heavy atom. The number of carbonyl (C=O) groups is 1. The summed E-state index contributed by atoms with van der Waals surface area (Å²) >= 11 is 5.84. The van der Waals surface area contributed by atoms with Gasteiger partial charge < -0.3 is 4.90 Å². The Labute approximate surface area is 153 Å². The Morgan fingerprint density at radius 1 is 1.20 bits per heavy atom. The lowest BCUT2D eigenvalue weighted by Gasteiger charge is -2.34. The van der Waals surface area contributed by atoms with Gasteiger partial charge in [0.05, 0.1) is 16.9 Å². The van der Waals surface area contributed by atoms with Gasteiger partial charge in [0.2, 0.25) is 5.91 Å². The molecule has 8 heteroatoms. The number of amides is 1. The van der Waals surface area contributed by atoms with Crippen molar-refractivity contribution in [3.63, 3.8) is 0 Å². The lowest BCUT2D eigenvalue weighted by molar-refractivity contribution is -0.133. The summed E-state index contributed by atoms with van der Waals surface area (Å²) in [5.41, 5.74) is 2.37. The second kappa shape index (κ2) is 8.01. The molecule has 0 aliphatic carbocycles. The van der Waals surface area contributed by atoms with Crippen LogP contribution in [-0.2, 0) is 24.4 Å². The minimum atomic E-state index is 0.182. The number of hydrogen-bond donors (Lipinski definition) is 0. The summed E-state index contributed by atoms with van der Waals surface area (Å²) in [5, 5.41) is 9.21. The fourth-order valence-electron chi connectivity index (χ4n) is 3.10. The van der Waals surface area contributed by atoms with Crippen molar-refractivity contribution >= 4 is 17.5 Å². The molecule has 0 atom stereocenters. The van der Waals surface area contributed by atoms with Crippen LogP contribution in [-0.4, -0.2) is 61.4 Å². The van der Waals surface area contributed by atoms with Gasteiger partial charge in [-0.05, 0) is 13.8 Å². The highest BCUT2D eigenvalue weighted by Crippen LogP contribution is 2.13. The van der Waals surface area contributed by atoms with Gasteiger partial charge in [-0.3, -0.25) is 19.1 Å². The normalized spacial score (nSPS) is 15.7. The number of hydrogen-bond acceptors (Lipinski definition) is 4. The summed E-state index contributed by atoms with van der Waals surface area (Å²) in [6.45, 7) is 9.87. The predicted octanol–water partition coefficient (Wildman–Crippen LogP) is 1.80. The summed E-state index contributed by atoms with van der Waals surface area (Å²) in [6, 6.07) is 0. The standard InChI is InChI=1S/C17H25ClN6O/c1-3-23-12-15(14(2)20-23)11-21-6-8-22(9-7-21)17(25)4-5-24-13-16(18)10-19-24/h10,12-13H,3-9,11H2,1-2H3. The highest BCUT2D eigenvalue weighted by Gasteiger charge is 2.21. The lowest BCUT2D eigenvalue weighted by Crippen LogP contribution is -2.48. The van der Waals surface area contributed by atoms with Gasteiger partial charge in [0.25, 0.3) is 0 Å². The van der Waals surface area contributed by atoms with E-state index in [-0.39, 0.29) is 5.91 Å². The molecule has 0 N–H and O–H groups in total. The van der Waals surface area contributed by atoms with Gasteiger partial charge in [0.1, 0.15) is 0 Å². The van der Waals surface area contributed by atoms with E-state index in [1.807, 2.05) is 9.58 Å². The van der Waals surface area contributed by atoms with Gasteiger partial charge in [-0.15, -0.1) is 0 Å². The molecular weight excluding hydrogens is 340 g/mol. The van der Waals surface area contributed by atoms with Crippen LogP contribution >= 0.6 is 11.6 Å². The molecule has 136 valence electrons. The highest BCUT2D eigenvalue weighted by molar-refractivity contribution is 6.30. The molecule has 25 heavy (non-hydrogen) atoms. The average Bonchev–Trinajstić information content (AvgIpc) is 3.19. The number of aromatic nitrogens is 4. The van der Waals surface area contributed by atoms with Crippen molar-refractivity contribution in [2.24, 2.45) is 0 Å². The monoisotopic (exact) mass is 364 g/mol. The molecule has 0 radical (unpaired) electrons. The molecule has 1 amide bonds. The van der Waals surface area contributed by atoms with Crippen molar-refractivity contribution in [1.82, 2.24) is 29.4 Å². The van der Waals surface area contributed by atoms with E-state index in [0.29, 0.717) is 18.0 Å². The fraction of sp³-hybridized carbons (Fsp3) is 0.588. The van der Waals surface area contributed by atoms with Gasteiger partial charge in [0, 0.05) is 70.2 Å². The van der Waals surface area contributed by atoms with Crippen LogP contribution in [0.25, 0.3) is 0 Å². The number of carbonyl (C=O) groups excluding carboxylic acids is 1. The predicted molar refractivity (Wildman–Crippen MR) is 96.3 cm³/mol. The molecule has 7 nitrogen and oxygen atoms in total. The van der Waals surface area contributed by atoms with Crippen LogP contribution in [0.2, 0.25) is 5.02 Å². The van der Waals surface area contributed by atoms with E-state index in [0.717, 1.165) is 45.0 Å². The van der Waals surface area contributed by atoms with Gasteiger partial charge in [0.15, 0.2) is 0 Å². The molecule has 1 fully saturated rings. The van der Waals surface area contributed by atoms with E-state index in [2.05, 4.69) is 35.1 Å². The summed E-state index contributed by atoms with van der Waals surface area (Å²) in [6.07, 6.45) is 5.92. The molecular formula is C17H25ClN6O. The van der Waals surface area contributed by atoms with E-state index >= 15 is 0 Å². The molecule has 0 aromatic carbocycles. The summed E-state index contributed by atoms with van der Waals surface area (Å²) in [4.78, 5) is 16.7. The van der Waals surface area contributed by atoms with Crippen molar-refractivity contribution < 1.29 is 4.79 Å². The molecule has 3 heterocycles. The van der Waals surface area contributed by atoms with Crippen LogP contribution in [0.3, 0.4) is 0 Å². The van der Waals surface area contributed by atoms with Crippen LogP contribution in [0.15, 0.2) is 18.6 Å². The maximum absolute atomic E-state index is 12.4. The lowest BCUT2D eigenvalue weighted by atomic mass is 10.2. The first-order valence-electron chi connectivity index (χ1n) is 8.76. The third kappa shape index (κ3) is 4.61. The van der Waals surface area contributed by atoms with Gasteiger partial charge in [-0.1, -0.05) is 11.6 Å². The first-order valence-corrected chi connectivity index (χ1v) is 9.14. The molecule has 0 saturated carbocycles. The Hall–Kier alpha value is -1.86. The Balaban J connectivity index is 1.44. The van der Waals surface area contributed by atoms with E-state index < -0.39 is 0 Å². The van der Waals surface area contributed by atoms with Gasteiger partial charge in [-0.2, -0.15) is 10.2 Å². The van der Waals surface area contributed by atoms with Crippen LogP contribution in [0.4, 0.5) is 0 Å². The van der Waals surface area contributed by atoms with Crippen molar-refractivity contribution in [2.45, 2.75) is 39.9 Å². The fourth-order valence-corrected chi connectivity index (χ4v) is 3.26. The molecule has 3 rings (SSSR count). The molecule has 0 unspecified atom stereocenters. The maximum Gasteiger partial charge on any atom is 0.224 e. The first kappa shape index (κ1) is 17.9. The number of aryl methyl sites for hydroxylation is 3. The molecule has 1 saturated heterocycles. The topological polar surface area (TPSA) is 59.2 Å². The summed E-state index contributed by atoms with van der Waals surface area (Å²) in [5.74, 6) is 0.182. The van der Waals surface area contributed by atoms with E-state index in [4.69, 9.17) is 11.6 Å². The molecule has 1 aliphatic heterocycles. The zero-order valence-corrected chi connectivity index (χ0v) is 15.6. The number of halogens is 1. The van der Waals surface area contributed by atoms with Crippen molar-refractivity contribution in [3.8, 4) is 0 Å². The number of rotatable bonds is 6. The first-order chi connectivity index (χ1) is 12.0. The summed E-state index contributed by atoms with van der Waals surface area (Å²) in [7, 11) is 0. The molecule has 0 spiro atoms. The van der Waals surface area contributed by atoms with Gasteiger partial charge in [-0.25, -0.2) is 0 Å². The van der Waals surface area contributed by atoms with Crippen molar-refractivity contribution in [3.05, 3.63) is 34.9 Å². The van der Waals surface area contributed by atoms with Crippen molar-refractivity contribution in [2.75, 3.05) is 26.2 Å². The minimum Gasteiger partial charge on any atom is -0.340 e. The molecule has 2 aromatic rings. The Bertz CT molecular complexity index is 717. The van der Waals surface area contributed by atoms with Crippen molar-refractivity contribution in [1.29, 1.82) is 0 Å². The average molecular weight is 365 g/mol. The second-order valence-corrected chi connectivity index (χ2v) is 6.86. The highest BCUT2D eigenvalue weighted by atomic mass is 35.5. The van der Waals surface area contributed by atoms with E-state index in [1.54, 1.807) is 17.1 Å². The Morgan fingerprint density at radius 2 is 1.96 bits per heavy atom. The zero-order chi connectivity index (χ0) is 17.8. The minimum absolute atomic E-state index is 0.182. The van der Waals surface area contributed by atoms with Crippen LogP contribution in [0.5, 0.6) is 0 Å². The van der Waals surface area contributed by atoms with Crippen LogP contribution in [0.1, 0.15) is 24.6 Å². The van der Waals surface area contributed by atoms with Crippen LogP contribution in [0, 0.1) is 6.92 Å². The van der Waals surface area contributed by atoms with Crippen LogP contribution < -0.4 is 0 Å². The van der Waals surface area contributed by atoms with E-state index in [9.17, 15) is 4.79 Å². The molecule has 1 aliphatic rings. The largest absolute Gasteiger partial charge is 0.340 e. The third-order valence-corrected chi connectivity index (χ3v) is 4.84. The molecule has 2 aromatic heterocycles. The number of piperazine rings is 1. The quantitative estimate of drug-likeness (QED) is 0.784. The smallest absolute Gasteiger partial charge is 0.224 e. The maximum atomic E-state index is 12.4. The Kier molecular flexibility index (Phi) is 5.75. The molecule has 0 bridgehead atoms.